The third kappa shape index (κ3) is 6.51. The van der Waals surface area contributed by atoms with Gasteiger partial charge < -0.3 is 10.1 Å². The average molecular weight is 379 g/mol. The van der Waals surface area contributed by atoms with Crippen LogP contribution in [0.4, 0.5) is 5.13 Å². The maximum absolute atomic E-state index is 12.0. The Labute approximate surface area is 156 Å². The van der Waals surface area contributed by atoms with Crippen LogP contribution in [0.15, 0.2) is 34.5 Å². The molecular formula is C18H22N2O3S2. The summed E-state index contributed by atoms with van der Waals surface area (Å²) in [4.78, 5) is 28.8. The zero-order valence-corrected chi connectivity index (χ0v) is 16.2. The van der Waals surface area contributed by atoms with Gasteiger partial charge in [0.25, 0.3) is 0 Å². The summed E-state index contributed by atoms with van der Waals surface area (Å²) in [5.41, 5.74) is 1.89. The lowest BCUT2D eigenvalue weighted by Crippen LogP contribution is -2.14. The Morgan fingerprint density at radius 1 is 1.28 bits per heavy atom. The van der Waals surface area contributed by atoms with Crippen molar-refractivity contribution in [1.82, 2.24) is 4.98 Å². The van der Waals surface area contributed by atoms with Gasteiger partial charge in [0.05, 0.1) is 24.5 Å². The highest BCUT2D eigenvalue weighted by molar-refractivity contribution is 8.00. The number of nitrogens with zero attached hydrogens (tertiary/aromatic N) is 1. The highest BCUT2D eigenvalue weighted by Gasteiger charge is 2.11. The number of thiazole rings is 1. The van der Waals surface area contributed by atoms with Crippen LogP contribution in [0.3, 0.4) is 0 Å². The predicted octanol–water partition coefficient (Wildman–Crippen LogP) is 4.10. The number of rotatable bonds is 8. The maximum atomic E-state index is 12.0. The Hall–Kier alpha value is -1.86. The number of ether oxygens (including phenoxy) is 1. The molecule has 2 aromatic rings. The number of aromatic nitrogens is 1. The average Bonchev–Trinajstić information content (AvgIpc) is 3.00. The van der Waals surface area contributed by atoms with Crippen LogP contribution in [0.25, 0.3) is 0 Å². The molecule has 0 aliphatic rings. The second-order valence-electron chi connectivity index (χ2n) is 5.69. The van der Waals surface area contributed by atoms with Crippen LogP contribution in [0.1, 0.15) is 37.9 Å². The third-order valence-corrected chi connectivity index (χ3v) is 5.16. The van der Waals surface area contributed by atoms with Crippen LogP contribution < -0.4 is 5.32 Å². The Balaban J connectivity index is 1.80. The molecule has 7 heteroatoms. The summed E-state index contributed by atoms with van der Waals surface area (Å²) in [6.07, 6.45) is 0.122. The molecule has 2 rings (SSSR count). The molecule has 0 aliphatic carbocycles. The number of anilines is 1. The van der Waals surface area contributed by atoms with Crippen molar-refractivity contribution < 1.29 is 14.3 Å². The van der Waals surface area contributed by atoms with Gasteiger partial charge in [0.2, 0.25) is 5.91 Å². The van der Waals surface area contributed by atoms with E-state index in [4.69, 9.17) is 4.74 Å². The summed E-state index contributed by atoms with van der Waals surface area (Å²) in [5.74, 6) is 0.380. The minimum Gasteiger partial charge on any atom is -0.466 e. The lowest BCUT2D eigenvalue weighted by atomic mass is 10.0. The maximum Gasteiger partial charge on any atom is 0.311 e. The van der Waals surface area contributed by atoms with E-state index in [0.29, 0.717) is 29.1 Å². The van der Waals surface area contributed by atoms with Gasteiger partial charge >= 0.3 is 5.97 Å². The minimum absolute atomic E-state index is 0.116. The van der Waals surface area contributed by atoms with E-state index in [1.807, 2.05) is 12.1 Å². The molecule has 25 heavy (non-hydrogen) atoms. The number of thioether (sulfide) groups is 1. The van der Waals surface area contributed by atoms with Gasteiger partial charge in [-0.15, -0.1) is 23.1 Å². The molecular weight excluding hydrogens is 356 g/mol. The molecule has 1 N–H and O–H groups in total. The molecule has 134 valence electrons. The van der Waals surface area contributed by atoms with Crippen molar-refractivity contribution in [1.29, 1.82) is 0 Å². The fraction of sp³-hybridized carbons (Fsp3) is 0.389. The molecule has 1 amide bonds. The number of amides is 1. The highest BCUT2D eigenvalue weighted by Crippen LogP contribution is 2.22. The molecule has 0 spiro atoms. The number of benzene rings is 1. The molecule has 0 saturated heterocycles. The van der Waals surface area contributed by atoms with Gasteiger partial charge in [0.15, 0.2) is 5.13 Å². The molecule has 5 nitrogen and oxygen atoms in total. The van der Waals surface area contributed by atoms with Crippen LogP contribution in [0, 0.1) is 0 Å². The van der Waals surface area contributed by atoms with Crippen LogP contribution >= 0.6 is 23.1 Å². The zero-order valence-electron chi connectivity index (χ0n) is 14.6. The Morgan fingerprint density at radius 3 is 2.64 bits per heavy atom. The molecule has 0 fully saturated rings. The second kappa shape index (κ2) is 9.58. The summed E-state index contributed by atoms with van der Waals surface area (Å²) in [6.45, 7) is 6.42. The smallest absolute Gasteiger partial charge is 0.311 e. The van der Waals surface area contributed by atoms with Crippen molar-refractivity contribution in [3.63, 3.8) is 0 Å². The van der Waals surface area contributed by atoms with Crippen molar-refractivity contribution >= 4 is 40.1 Å². The first-order valence-corrected chi connectivity index (χ1v) is 9.97. The third-order valence-electron chi connectivity index (χ3n) is 3.35. The fourth-order valence-corrected chi connectivity index (χ4v) is 3.48. The molecule has 0 radical (unpaired) electrons. The Morgan fingerprint density at radius 2 is 2.00 bits per heavy atom. The number of nitrogens with one attached hydrogen (secondary N) is 1. The largest absolute Gasteiger partial charge is 0.466 e. The van der Waals surface area contributed by atoms with E-state index in [2.05, 4.69) is 36.3 Å². The van der Waals surface area contributed by atoms with E-state index < -0.39 is 0 Å². The Bertz CT molecular complexity index is 711. The van der Waals surface area contributed by atoms with Crippen molar-refractivity contribution in [2.24, 2.45) is 0 Å². The molecule has 0 unspecified atom stereocenters. The standard InChI is InChI=1S/C18H22N2O3S2/c1-4-23-17(22)9-14-10-25-18(19-14)20-16(21)11-24-15-7-5-13(6-8-15)12(2)3/h5-8,10,12H,4,9,11H2,1-3H3,(H,19,20,21). The van der Waals surface area contributed by atoms with Gasteiger partial charge in [-0.3, -0.25) is 9.59 Å². The van der Waals surface area contributed by atoms with E-state index in [1.165, 1.54) is 28.7 Å². The number of carbonyl (C=O) groups is 2. The normalized spacial score (nSPS) is 10.7. The van der Waals surface area contributed by atoms with Gasteiger partial charge in [-0.25, -0.2) is 4.98 Å². The number of hydrogen-bond donors (Lipinski definition) is 1. The predicted molar refractivity (Wildman–Crippen MR) is 102 cm³/mol. The topological polar surface area (TPSA) is 68.3 Å². The summed E-state index contributed by atoms with van der Waals surface area (Å²) >= 11 is 2.79. The van der Waals surface area contributed by atoms with E-state index in [1.54, 1.807) is 12.3 Å². The van der Waals surface area contributed by atoms with E-state index in [9.17, 15) is 9.59 Å². The molecule has 0 saturated carbocycles. The van der Waals surface area contributed by atoms with Gasteiger partial charge in [-0.2, -0.15) is 0 Å². The molecule has 0 atom stereocenters. The van der Waals surface area contributed by atoms with Gasteiger partial charge in [-0.1, -0.05) is 26.0 Å². The van der Waals surface area contributed by atoms with Gasteiger partial charge in [0, 0.05) is 10.3 Å². The van der Waals surface area contributed by atoms with Gasteiger partial charge in [0.1, 0.15) is 0 Å². The lowest BCUT2D eigenvalue weighted by molar-refractivity contribution is -0.142. The molecule has 1 heterocycles. The van der Waals surface area contributed by atoms with Crippen LogP contribution in [0.2, 0.25) is 0 Å². The first-order chi connectivity index (χ1) is 12.0. The van der Waals surface area contributed by atoms with Crippen molar-refractivity contribution in [2.75, 3.05) is 17.7 Å². The lowest BCUT2D eigenvalue weighted by Gasteiger charge is -2.06. The number of hydrogen-bond acceptors (Lipinski definition) is 6. The summed E-state index contributed by atoms with van der Waals surface area (Å²) in [7, 11) is 0. The summed E-state index contributed by atoms with van der Waals surface area (Å²) < 4.78 is 4.88. The highest BCUT2D eigenvalue weighted by atomic mass is 32.2. The van der Waals surface area contributed by atoms with Crippen molar-refractivity contribution in [2.45, 2.75) is 38.0 Å². The first kappa shape index (κ1) is 19.5. The molecule has 1 aromatic heterocycles. The monoisotopic (exact) mass is 378 g/mol. The fourth-order valence-electron chi connectivity index (χ4n) is 2.06. The summed E-state index contributed by atoms with van der Waals surface area (Å²) in [6, 6.07) is 8.25. The van der Waals surface area contributed by atoms with Crippen molar-refractivity contribution in [3.8, 4) is 0 Å². The quantitative estimate of drug-likeness (QED) is 0.553. The molecule has 0 aliphatic heterocycles. The number of esters is 1. The van der Waals surface area contributed by atoms with Crippen LogP contribution in [0.5, 0.6) is 0 Å². The van der Waals surface area contributed by atoms with E-state index in [-0.39, 0.29) is 18.3 Å². The van der Waals surface area contributed by atoms with Gasteiger partial charge in [-0.05, 0) is 30.5 Å². The van der Waals surface area contributed by atoms with Crippen LogP contribution in [-0.2, 0) is 20.7 Å². The van der Waals surface area contributed by atoms with E-state index in [0.717, 1.165) is 4.90 Å². The zero-order chi connectivity index (χ0) is 18.2. The van der Waals surface area contributed by atoms with E-state index >= 15 is 0 Å². The van der Waals surface area contributed by atoms with Crippen LogP contribution in [-0.4, -0.2) is 29.2 Å². The number of carbonyl (C=O) groups excluding carboxylic acids is 2. The summed E-state index contributed by atoms with van der Waals surface area (Å²) in [5, 5.41) is 5.02. The SMILES string of the molecule is CCOC(=O)Cc1csc(NC(=O)CSc2ccc(C(C)C)cc2)n1. The minimum atomic E-state index is -0.314. The molecule has 1 aromatic carbocycles. The second-order valence-corrected chi connectivity index (χ2v) is 7.59. The van der Waals surface area contributed by atoms with Crippen molar-refractivity contribution in [3.05, 3.63) is 40.9 Å². The molecule has 0 bridgehead atoms. The first-order valence-electron chi connectivity index (χ1n) is 8.10. The Kier molecular flexibility index (Phi) is 7.46.